The Kier molecular flexibility index (Phi) is 13.8. The van der Waals surface area contributed by atoms with Crippen LogP contribution in [0.3, 0.4) is 0 Å². The van der Waals surface area contributed by atoms with Gasteiger partial charge in [0.05, 0.1) is 0 Å². The summed E-state index contributed by atoms with van der Waals surface area (Å²) in [5.41, 5.74) is 0. The van der Waals surface area contributed by atoms with E-state index in [0.29, 0.717) is 12.0 Å². The fraction of sp³-hybridized carbons (Fsp3) is 1.00. The molecule has 0 aromatic carbocycles. The van der Waals surface area contributed by atoms with Gasteiger partial charge in [-0.3, -0.25) is 5.32 Å². The van der Waals surface area contributed by atoms with E-state index in [9.17, 15) is 4.39 Å². The zero-order valence-corrected chi connectivity index (χ0v) is 25.7. The first-order valence-corrected chi connectivity index (χ1v) is 19.8. The summed E-state index contributed by atoms with van der Waals surface area (Å²) in [6.45, 7) is 10.4. The topological polar surface area (TPSA) is 21.3 Å². The second-order valence-corrected chi connectivity index (χ2v) is 19.2. The van der Waals surface area contributed by atoms with Crippen LogP contribution in [-0.4, -0.2) is 33.1 Å². The van der Waals surface area contributed by atoms with Crippen molar-refractivity contribution in [1.82, 2.24) is 5.32 Å². The van der Waals surface area contributed by atoms with E-state index in [1.807, 2.05) is 0 Å². The monoisotopic (exact) mass is 523 g/mol. The van der Waals surface area contributed by atoms with Crippen LogP contribution < -0.4 is 5.32 Å². The minimum atomic E-state index is -1.02. The first-order valence-electron chi connectivity index (χ1n) is 16.4. The number of piperidine rings is 1. The number of alkyl halides is 1. The van der Waals surface area contributed by atoms with Crippen molar-refractivity contribution in [3.05, 3.63) is 0 Å². The fourth-order valence-corrected chi connectivity index (χ4v) is 10.6. The highest BCUT2D eigenvalue weighted by atomic mass is 28.3. The third-order valence-corrected chi connectivity index (χ3v) is 13.8. The number of ether oxygens (including phenoxy) is 1. The largest absolute Gasteiger partial charge is 0.374 e. The molecule has 1 N–H and O–H groups in total. The average molecular weight is 524 g/mol. The number of hydrogen-bond donors (Lipinski definition) is 1. The maximum atomic E-state index is 15.0. The molecule has 0 radical (unpaired) electrons. The Hall–Kier alpha value is 0.0669. The lowest BCUT2D eigenvalue weighted by atomic mass is 9.67. The van der Waals surface area contributed by atoms with Crippen LogP contribution in [0.15, 0.2) is 0 Å². The highest BCUT2D eigenvalue weighted by Crippen LogP contribution is 2.43. The normalized spacial score (nSPS) is 34.1. The summed E-state index contributed by atoms with van der Waals surface area (Å²) in [5.74, 6) is 3.64. The van der Waals surface area contributed by atoms with Gasteiger partial charge in [0.2, 0.25) is 0 Å². The Morgan fingerprint density at radius 3 is 1.94 bits per heavy atom. The second-order valence-electron chi connectivity index (χ2n) is 13.8. The molecule has 2 saturated carbocycles. The molecule has 212 valence electrons. The Labute approximate surface area is 225 Å². The van der Waals surface area contributed by atoms with E-state index in [0.717, 1.165) is 43.6 Å². The Morgan fingerprint density at radius 1 is 0.694 bits per heavy atom. The minimum absolute atomic E-state index is 0.226. The molecule has 1 aliphatic heterocycles. The van der Waals surface area contributed by atoms with Crippen LogP contribution in [0.5, 0.6) is 0 Å². The SMILES string of the molecule is CCCCCC1CCC(C2CCC(C3CCC(OCCCC[Si](C)(C)CCCC)C(F)N3)CC2)CC1. The van der Waals surface area contributed by atoms with E-state index >= 15 is 0 Å². The quantitative estimate of drug-likeness (QED) is 0.131. The number of unbranched alkanes of at least 4 members (excludes halogenated alkanes) is 4. The van der Waals surface area contributed by atoms with Crippen molar-refractivity contribution >= 4 is 8.07 Å². The summed E-state index contributed by atoms with van der Waals surface area (Å²) in [7, 11) is -1.02. The van der Waals surface area contributed by atoms with Gasteiger partial charge in [0, 0.05) is 20.7 Å². The molecule has 3 rings (SSSR count). The maximum absolute atomic E-state index is 15.0. The summed E-state index contributed by atoms with van der Waals surface area (Å²) in [4.78, 5) is 0. The molecular weight excluding hydrogens is 461 g/mol. The van der Waals surface area contributed by atoms with Crippen molar-refractivity contribution in [3.63, 3.8) is 0 Å². The lowest BCUT2D eigenvalue weighted by Crippen LogP contribution is -2.52. The number of hydrogen-bond acceptors (Lipinski definition) is 2. The molecule has 1 saturated heterocycles. The third kappa shape index (κ3) is 10.3. The number of halogens is 1. The molecule has 2 nitrogen and oxygen atoms in total. The van der Waals surface area contributed by atoms with Gasteiger partial charge >= 0.3 is 0 Å². The van der Waals surface area contributed by atoms with Crippen LogP contribution in [0.1, 0.15) is 129 Å². The van der Waals surface area contributed by atoms with Gasteiger partial charge in [0.15, 0.2) is 6.30 Å². The summed E-state index contributed by atoms with van der Waals surface area (Å²) in [5, 5.41) is 3.36. The van der Waals surface area contributed by atoms with Crippen molar-refractivity contribution in [2.24, 2.45) is 23.7 Å². The first kappa shape index (κ1) is 30.6. The summed E-state index contributed by atoms with van der Waals surface area (Å²) < 4.78 is 21.0. The highest BCUT2D eigenvalue weighted by Gasteiger charge is 2.37. The summed E-state index contributed by atoms with van der Waals surface area (Å²) in [6, 6.07) is 3.22. The molecular formula is C32H62FNOSi. The van der Waals surface area contributed by atoms with Crippen molar-refractivity contribution in [3.8, 4) is 0 Å². The van der Waals surface area contributed by atoms with Gasteiger partial charge in [0.1, 0.15) is 6.10 Å². The Balaban J connectivity index is 1.26. The second kappa shape index (κ2) is 16.2. The molecule has 36 heavy (non-hydrogen) atoms. The van der Waals surface area contributed by atoms with Crippen molar-refractivity contribution in [2.75, 3.05) is 6.61 Å². The van der Waals surface area contributed by atoms with Gasteiger partial charge in [-0.05, 0) is 81.5 Å². The lowest BCUT2D eigenvalue weighted by molar-refractivity contribution is -0.0516. The van der Waals surface area contributed by atoms with E-state index in [1.54, 1.807) is 0 Å². The van der Waals surface area contributed by atoms with E-state index < -0.39 is 14.4 Å². The zero-order valence-electron chi connectivity index (χ0n) is 24.7. The number of rotatable bonds is 15. The van der Waals surface area contributed by atoms with E-state index in [1.165, 1.54) is 108 Å². The zero-order chi connectivity index (χ0) is 25.8. The van der Waals surface area contributed by atoms with Gasteiger partial charge in [0.25, 0.3) is 0 Å². The molecule has 0 aromatic rings. The van der Waals surface area contributed by atoms with Crippen LogP contribution in [0.2, 0.25) is 25.2 Å². The summed E-state index contributed by atoms with van der Waals surface area (Å²) >= 11 is 0. The molecule has 0 spiro atoms. The van der Waals surface area contributed by atoms with E-state index in [4.69, 9.17) is 4.74 Å². The van der Waals surface area contributed by atoms with E-state index in [-0.39, 0.29) is 6.10 Å². The van der Waals surface area contributed by atoms with Crippen molar-refractivity contribution in [2.45, 2.75) is 173 Å². The molecule has 3 atom stereocenters. The predicted molar refractivity (Wildman–Crippen MR) is 157 cm³/mol. The van der Waals surface area contributed by atoms with Crippen molar-refractivity contribution in [1.29, 1.82) is 0 Å². The molecule has 0 aromatic heterocycles. The molecule has 3 fully saturated rings. The molecule has 1 heterocycles. The Bertz CT molecular complexity index is 571. The Morgan fingerprint density at radius 2 is 1.31 bits per heavy atom. The average Bonchev–Trinajstić information content (AvgIpc) is 2.89. The van der Waals surface area contributed by atoms with Crippen LogP contribution >= 0.6 is 0 Å². The van der Waals surface area contributed by atoms with Gasteiger partial charge < -0.3 is 4.74 Å². The first-order chi connectivity index (χ1) is 17.4. The van der Waals surface area contributed by atoms with Crippen molar-refractivity contribution < 1.29 is 9.13 Å². The van der Waals surface area contributed by atoms with Crippen LogP contribution in [0.25, 0.3) is 0 Å². The molecule has 4 heteroatoms. The van der Waals surface area contributed by atoms with E-state index in [2.05, 4.69) is 32.3 Å². The minimum Gasteiger partial charge on any atom is -0.374 e. The third-order valence-electron chi connectivity index (χ3n) is 10.4. The molecule has 0 bridgehead atoms. The van der Waals surface area contributed by atoms with Gasteiger partial charge in [-0.2, -0.15) is 0 Å². The standard InChI is InChI=1S/C32H62FNOSi/c1-5-7-9-12-26-13-15-27(16-14-26)28-17-19-29(20-18-28)30-21-22-31(32(33)34-30)35-23-10-11-25-36(3,4)24-8-6-2/h26-32,34H,5-25H2,1-4H3. The lowest BCUT2D eigenvalue weighted by Gasteiger charge is -2.42. The molecule has 3 unspecified atom stereocenters. The fourth-order valence-electron chi connectivity index (χ4n) is 7.80. The van der Waals surface area contributed by atoms with Crippen LogP contribution in [0.4, 0.5) is 4.39 Å². The van der Waals surface area contributed by atoms with Gasteiger partial charge in [-0.25, -0.2) is 4.39 Å². The predicted octanol–water partition coefficient (Wildman–Crippen LogP) is 9.90. The van der Waals surface area contributed by atoms with Gasteiger partial charge in [-0.1, -0.05) is 96.8 Å². The van der Waals surface area contributed by atoms with Gasteiger partial charge in [-0.15, -0.1) is 0 Å². The van der Waals surface area contributed by atoms with Crippen LogP contribution in [-0.2, 0) is 4.74 Å². The van der Waals surface area contributed by atoms with Crippen LogP contribution in [0, 0.1) is 23.7 Å². The maximum Gasteiger partial charge on any atom is 0.177 e. The molecule has 0 amide bonds. The molecule has 3 aliphatic rings. The smallest absolute Gasteiger partial charge is 0.177 e. The summed E-state index contributed by atoms with van der Waals surface area (Å²) in [6.07, 6.45) is 22.9. The molecule has 2 aliphatic carbocycles. The highest BCUT2D eigenvalue weighted by molar-refractivity contribution is 6.77. The number of nitrogens with one attached hydrogen (secondary N) is 1.